The first-order valence-corrected chi connectivity index (χ1v) is 7.65. The highest BCUT2D eigenvalue weighted by molar-refractivity contribution is 5.87. The lowest BCUT2D eigenvalue weighted by Gasteiger charge is -2.34. The number of carbonyl (C=O) groups is 3. The third-order valence-electron chi connectivity index (χ3n) is 4.31. The van der Waals surface area contributed by atoms with Crippen LogP contribution in [-0.2, 0) is 14.4 Å². The fraction of sp³-hybridized carbons (Fsp3) is 0.812. The van der Waals surface area contributed by atoms with Crippen LogP contribution >= 0.6 is 0 Å². The van der Waals surface area contributed by atoms with E-state index in [-0.39, 0.29) is 29.7 Å². The minimum atomic E-state index is -0.523. The van der Waals surface area contributed by atoms with Crippen LogP contribution in [0.1, 0.15) is 67.2 Å². The van der Waals surface area contributed by atoms with Crippen molar-refractivity contribution in [2.75, 3.05) is 6.54 Å². The van der Waals surface area contributed by atoms with E-state index in [1.165, 1.54) is 13.8 Å². The summed E-state index contributed by atoms with van der Waals surface area (Å²) < 4.78 is 0. The van der Waals surface area contributed by atoms with Crippen molar-refractivity contribution in [3.63, 3.8) is 0 Å². The number of Topliss-reactive ketones (excluding diaryl/α,β-unsaturated/α-hetero) is 1. The van der Waals surface area contributed by atoms with Crippen molar-refractivity contribution in [3.05, 3.63) is 0 Å². The third-order valence-corrected chi connectivity index (χ3v) is 4.31. The largest absolute Gasteiger partial charge is 0.351 e. The average Bonchev–Trinajstić information content (AvgIpc) is 2.41. The monoisotopic (exact) mass is 298 g/mol. The summed E-state index contributed by atoms with van der Waals surface area (Å²) in [5, 5.41) is 5.66. The molecule has 0 bridgehead atoms. The Balaban J connectivity index is 4.76. The van der Waals surface area contributed by atoms with Gasteiger partial charge in [0, 0.05) is 17.9 Å². The lowest BCUT2D eigenvalue weighted by molar-refractivity contribution is -0.132. The summed E-state index contributed by atoms with van der Waals surface area (Å²) in [6, 6.07) is 0. The van der Waals surface area contributed by atoms with Gasteiger partial charge >= 0.3 is 0 Å². The van der Waals surface area contributed by atoms with Crippen molar-refractivity contribution >= 4 is 17.6 Å². The Morgan fingerprint density at radius 2 is 1.52 bits per heavy atom. The zero-order chi connectivity index (χ0) is 16.7. The Kier molecular flexibility index (Phi) is 7.61. The van der Waals surface area contributed by atoms with Crippen LogP contribution in [0.5, 0.6) is 0 Å². The highest BCUT2D eigenvalue weighted by Crippen LogP contribution is 2.31. The maximum Gasteiger partial charge on any atom is 0.226 e. The molecule has 0 saturated heterocycles. The van der Waals surface area contributed by atoms with Gasteiger partial charge in [-0.1, -0.05) is 20.8 Å². The Morgan fingerprint density at radius 3 is 1.90 bits per heavy atom. The molecule has 0 aliphatic heterocycles. The summed E-state index contributed by atoms with van der Waals surface area (Å²) >= 11 is 0. The standard InChI is InChI=1S/C16H30N2O3/c1-7-15(5,14(21)17-11-12(3)19)9-10-16(6,8-2)18-13(4)20/h7-11H2,1-6H3,(H,17,21)(H,18,20). The smallest absolute Gasteiger partial charge is 0.226 e. The molecule has 0 aliphatic rings. The normalized spacial score (nSPS) is 16.5. The zero-order valence-corrected chi connectivity index (χ0v) is 14.3. The number of ketones is 1. The van der Waals surface area contributed by atoms with E-state index in [4.69, 9.17) is 0 Å². The molecule has 0 saturated carbocycles. The zero-order valence-electron chi connectivity index (χ0n) is 14.3. The molecular formula is C16H30N2O3. The molecule has 0 spiro atoms. The van der Waals surface area contributed by atoms with Crippen LogP contribution in [0.25, 0.3) is 0 Å². The molecule has 2 N–H and O–H groups in total. The molecule has 5 heteroatoms. The summed E-state index contributed by atoms with van der Waals surface area (Å²) in [5.74, 6) is -0.210. The van der Waals surface area contributed by atoms with Gasteiger partial charge < -0.3 is 10.6 Å². The number of carbonyl (C=O) groups excluding carboxylic acids is 3. The molecule has 0 aromatic carbocycles. The maximum atomic E-state index is 12.3. The van der Waals surface area contributed by atoms with Gasteiger partial charge in [-0.05, 0) is 39.5 Å². The van der Waals surface area contributed by atoms with Crippen molar-refractivity contribution < 1.29 is 14.4 Å². The second kappa shape index (κ2) is 8.15. The van der Waals surface area contributed by atoms with Crippen molar-refractivity contribution in [3.8, 4) is 0 Å². The van der Waals surface area contributed by atoms with Crippen LogP contribution in [0.15, 0.2) is 0 Å². The fourth-order valence-electron chi connectivity index (χ4n) is 2.17. The fourth-order valence-corrected chi connectivity index (χ4v) is 2.17. The van der Waals surface area contributed by atoms with E-state index in [0.29, 0.717) is 12.8 Å². The minimum absolute atomic E-state index is 0.0569. The highest BCUT2D eigenvalue weighted by Gasteiger charge is 2.34. The molecule has 2 amide bonds. The quantitative estimate of drug-likeness (QED) is 0.685. The Morgan fingerprint density at radius 1 is 0.952 bits per heavy atom. The van der Waals surface area contributed by atoms with Gasteiger partial charge in [0.25, 0.3) is 0 Å². The number of rotatable bonds is 9. The van der Waals surface area contributed by atoms with Crippen LogP contribution in [0.3, 0.4) is 0 Å². The van der Waals surface area contributed by atoms with Gasteiger partial charge in [0.1, 0.15) is 5.78 Å². The van der Waals surface area contributed by atoms with Crippen molar-refractivity contribution in [1.82, 2.24) is 10.6 Å². The van der Waals surface area contributed by atoms with Crippen LogP contribution in [0, 0.1) is 5.41 Å². The van der Waals surface area contributed by atoms with E-state index in [0.717, 1.165) is 12.8 Å². The van der Waals surface area contributed by atoms with Crippen LogP contribution in [0.2, 0.25) is 0 Å². The van der Waals surface area contributed by atoms with E-state index in [9.17, 15) is 14.4 Å². The molecule has 5 nitrogen and oxygen atoms in total. The highest BCUT2D eigenvalue weighted by atomic mass is 16.2. The van der Waals surface area contributed by atoms with Gasteiger partial charge in [-0.2, -0.15) is 0 Å². The van der Waals surface area contributed by atoms with Crippen LogP contribution in [-0.4, -0.2) is 29.7 Å². The van der Waals surface area contributed by atoms with Gasteiger partial charge in [0.15, 0.2) is 0 Å². The molecule has 0 fully saturated rings. The number of nitrogens with one attached hydrogen (secondary N) is 2. The molecule has 0 aromatic heterocycles. The Labute approximate surface area is 128 Å². The summed E-state index contributed by atoms with van der Waals surface area (Å²) in [6.07, 6.45) is 2.89. The van der Waals surface area contributed by atoms with Crippen molar-refractivity contribution in [1.29, 1.82) is 0 Å². The number of amides is 2. The lowest BCUT2D eigenvalue weighted by Crippen LogP contribution is -2.47. The molecule has 122 valence electrons. The number of hydrogen-bond acceptors (Lipinski definition) is 3. The summed E-state index contributed by atoms with van der Waals surface area (Å²) in [7, 11) is 0. The predicted octanol–water partition coefficient (Wildman–Crippen LogP) is 2.19. The maximum absolute atomic E-state index is 12.3. The van der Waals surface area contributed by atoms with Crippen LogP contribution < -0.4 is 10.6 Å². The molecule has 0 rings (SSSR count). The van der Waals surface area contributed by atoms with E-state index in [1.54, 1.807) is 0 Å². The SMILES string of the molecule is CCC(C)(CCC(C)(CC)C(=O)NCC(C)=O)NC(C)=O. The molecule has 0 heterocycles. The van der Waals surface area contributed by atoms with E-state index in [1.807, 2.05) is 27.7 Å². The Bertz CT molecular complexity index is 395. The molecule has 2 unspecified atom stereocenters. The molecule has 0 aromatic rings. The molecule has 2 atom stereocenters. The molecule has 0 aliphatic carbocycles. The predicted molar refractivity (Wildman–Crippen MR) is 83.8 cm³/mol. The topological polar surface area (TPSA) is 75.3 Å². The van der Waals surface area contributed by atoms with E-state index >= 15 is 0 Å². The van der Waals surface area contributed by atoms with Gasteiger partial charge in [0.05, 0.1) is 6.54 Å². The Hall–Kier alpha value is -1.39. The van der Waals surface area contributed by atoms with Gasteiger partial charge in [-0.3, -0.25) is 14.4 Å². The molecule has 21 heavy (non-hydrogen) atoms. The van der Waals surface area contributed by atoms with E-state index < -0.39 is 5.41 Å². The van der Waals surface area contributed by atoms with Gasteiger partial charge in [-0.25, -0.2) is 0 Å². The first-order chi connectivity index (χ1) is 9.58. The average molecular weight is 298 g/mol. The summed E-state index contributed by atoms with van der Waals surface area (Å²) in [6.45, 7) is 10.9. The third kappa shape index (κ3) is 6.74. The van der Waals surface area contributed by atoms with Crippen molar-refractivity contribution in [2.45, 2.75) is 72.8 Å². The first kappa shape index (κ1) is 19.6. The van der Waals surface area contributed by atoms with Gasteiger partial charge in [-0.15, -0.1) is 0 Å². The van der Waals surface area contributed by atoms with Crippen LogP contribution in [0.4, 0.5) is 0 Å². The van der Waals surface area contributed by atoms with Crippen molar-refractivity contribution in [2.24, 2.45) is 5.41 Å². The number of hydrogen-bond donors (Lipinski definition) is 2. The summed E-state index contributed by atoms with van der Waals surface area (Å²) in [4.78, 5) is 34.6. The van der Waals surface area contributed by atoms with Gasteiger partial charge in [0.2, 0.25) is 11.8 Å². The second-order valence-corrected chi connectivity index (χ2v) is 6.39. The second-order valence-electron chi connectivity index (χ2n) is 6.39. The van der Waals surface area contributed by atoms with E-state index in [2.05, 4.69) is 10.6 Å². The minimum Gasteiger partial charge on any atom is -0.351 e. The summed E-state index contributed by atoms with van der Waals surface area (Å²) in [5.41, 5.74) is -0.826. The first-order valence-electron chi connectivity index (χ1n) is 7.65. The lowest BCUT2D eigenvalue weighted by atomic mass is 9.77. The molecular weight excluding hydrogens is 268 g/mol. The molecule has 0 radical (unpaired) electrons.